The average molecular weight is 192 g/mol. The molecule has 0 aromatic heterocycles. The number of rotatable bonds is 2. The van der Waals surface area contributed by atoms with Gasteiger partial charge in [0.25, 0.3) is 0 Å². The van der Waals surface area contributed by atoms with E-state index in [0.29, 0.717) is 0 Å². The van der Waals surface area contributed by atoms with Crippen LogP contribution in [0.5, 0.6) is 5.75 Å². The van der Waals surface area contributed by atoms with Gasteiger partial charge in [0, 0.05) is 11.8 Å². The first-order chi connectivity index (χ1) is 6.63. The summed E-state index contributed by atoms with van der Waals surface area (Å²) < 4.78 is 5.44. The molecule has 1 aromatic carbocycles. The monoisotopic (exact) mass is 192 g/mol. The van der Waals surface area contributed by atoms with Gasteiger partial charge >= 0.3 is 0 Å². The summed E-state index contributed by atoms with van der Waals surface area (Å²) in [4.78, 5) is 0. The molecule has 0 spiro atoms. The van der Waals surface area contributed by atoms with Crippen LogP contribution in [0.2, 0.25) is 0 Å². The molecule has 2 heteroatoms. The normalized spacial score (nSPS) is 15.1. The molecule has 1 heterocycles. The second-order valence-electron chi connectivity index (χ2n) is 4.46. The van der Waals surface area contributed by atoms with Gasteiger partial charge in [-0.15, -0.1) is 0 Å². The first kappa shape index (κ1) is 9.53. The molecule has 0 atom stereocenters. The van der Waals surface area contributed by atoms with Crippen molar-refractivity contribution < 1.29 is 9.84 Å². The lowest BCUT2D eigenvalue weighted by atomic mass is 9.84. The van der Waals surface area contributed by atoms with Gasteiger partial charge in [0.15, 0.2) is 0 Å². The van der Waals surface area contributed by atoms with E-state index in [4.69, 9.17) is 4.74 Å². The van der Waals surface area contributed by atoms with Gasteiger partial charge in [-0.3, -0.25) is 0 Å². The quantitative estimate of drug-likeness (QED) is 0.775. The molecule has 0 amide bonds. The fourth-order valence-electron chi connectivity index (χ4n) is 1.70. The SMILES string of the molecule is CC(C)(CO)c1ccc2c(c1)CCO2. The second kappa shape index (κ2) is 3.28. The molecule has 76 valence electrons. The van der Waals surface area contributed by atoms with Crippen molar-refractivity contribution in [3.8, 4) is 5.75 Å². The summed E-state index contributed by atoms with van der Waals surface area (Å²) in [7, 11) is 0. The summed E-state index contributed by atoms with van der Waals surface area (Å²) in [5, 5.41) is 9.26. The van der Waals surface area contributed by atoms with Crippen LogP contribution in [-0.4, -0.2) is 18.3 Å². The average Bonchev–Trinajstić information content (AvgIpc) is 2.64. The van der Waals surface area contributed by atoms with Crippen molar-refractivity contribution >= 4 is 0 Å². The zero-order valence-corrected chi connectivity index (χ0v) is 8.71. The number of aliphatic hydroxyl groups excluding tert-OH is 1. The van der Waals surface area contributed by atoms with E-state index in [1.165, 1.54) is 11.1 Å². The number of hydrogen-bond donors (Lipinski definition) is 1. The van der Waals surface area contributed by atoms with Crippen molar-refractivity contribution in [1.82, 2.24) is 0 Å². The third kappa shape index (κ3) is 1.50. The molecule has 1 aromatic rings. The van der Waals surface area contributed by atoms with Gasteiger partial charge in [-0.05, 0) is 17.2 Å². The molecule has 0 fully saturated rings. The standard InChI is InChI=1S/C12H16O2/c1-12(2,8-13)10-3-4-11-9(7-10)5-6-14-11/h3-4,7,13H,5-6,8H2,1-2H3. The lowest BCUT2D eigenvalue weighted by Gasteiger charge is -2.22. The Hall–Kier alpha value is -1.02. The van der Waals surface area contributed by atoms with Crippen LogP contribution in [0.15, 0.2) is 18.2 Å². The molecule has 1 aliphatic heterocycles. The Bertz CT molecular complexity index is 342. The van der Waals surface area contributed by atoms with Crippen LogP contribution in [0.25, 0.3) is 0 Å². The minimum absolute atomic E-state index is 0.155. The Labute approximate surface area is 84.5 Å². The third-order valence-electron chi connectivity index (χ3n) is 2.87. The Morgan fingerprint density at radius 3 is 2.93 bits per heavy atom. The van der Waals surface area contributed by atoms with Gasteiger partial charge in [0.2, 0.25) is 0 Å². The second-order valence-corrected chi connectivity index (χ2v) is 4.46. The molecule has 2 nitrogen and oxygen atoms in total. The Balaban J connectivity index is 2.38. The maximum Gasteiger partial charge on any atom is 0.122 e. The van der Waals surface area contributed by atoms with E-state index in [9.17, 15) is 5.11 Å². The van der Waals surface area contributed by atoms with E-state index in [1.807, 2.05) is 26.0 Å². The fourth-order valence-corrected chi connectivity index (χ4v) is 1.70. The van der Waals surface area contributed by atoms with Gasteiger partial charge in [0.05, 0.1) is 13.2 Å². The lowest BCUT2D eigenvalue weighted by Crippen LogP contribution is -2.21. The summed E-state index contributed by atoms with van der Waals surface area (Å²) in [5.41, 5.74) is 2.30. The molecule has 0 saturated carbocycles. The molecule has 14 heavy (non-hydrogen) atoms. The molecule has 0 saturated heterocycles. The largest absolute Gasteiger partial charge is 0.493 e. The van der Waals surface area contributed by atoms with Crippen molar-refractivity contribution in [1.29, 1.82) is 0 Å². The molecular formula is C12H16O2. The van der Waals surface area contributed by atoms with Gasteiger partial charge < -0.3 is 9.84 Å². The smallest absolute Gasteiger partial charge is 0.122 e. The highest BCUT2D eigenvalue weighted by Gasteiger charge is 2.22. The van der Waals surface area contributed by atoms with Crippen molar-refractivity contribution in [2.45, 2.75) is 25.7 Å². The summed E-state index contributed by atoms with van der Waals surface area (Å²) >= 11 is 0. The first-order valence-corrected chi connectivity index (χ1v) is 5.00. The van der Waals surface area contributed by atoms with Crippen LogP contribution in [0, 0.1) is 0 Å². The van der Waals surface area contributed by atoms with E-state index < -0.39 is 0 Å². The van der Waals surface area contributed by atoms with Crippen molar-refractivity contribution in [3.05, 3.63) is 29.3 Å². The highest BCUT2D eigenvalue weighted by atomic mass is 16.5. The van der Waals surface area contributed by atoms with Crippen molar-refractivity contribution in [3.63, 3.8) is 0 Å². The number of ether oxygens (including phenoxy) is 1. The van der Waals surface area contributed by atoms with Crippen molar-refractivity contribution in [2.24, 2.45) is 0 Å². The van der Waals surface area contributed by atoms with Gasteiger partial charge in [-0.25, -0.2) is 0 Å². The van der Waals surface area contributed by atoms with Gasteiger partial charge in [-0.2, -0.15) is 0 Å². The number of hydrogen-bond acceptors (Lipinski definition) is 2. The Morgan fingerprint density at radius 2 is 2.21 bits per heavy atom. The van der Waals surface area contributed by atoms with Crippen LogP contribution < -0.4 is 4.74 Å². The summed E-state index contributed by atoms with van der Waals surface area (Å²) in [6.45, 7) is 5.06. The first-order valence-electron chi connectivity index (χ1n) is 5.00. The zero-order valence-electron chi connectivity index (χ0n) is 8.71. The van der Waals surface area contributed by atoms with Crippen LogP contribution >= 0.6 is 0 Å². The number of benzene rings is 1. The van der Waals surface area contributed by atoms with Gasteiger partial charge in [-0.1, -0.05) is 26.0 Å². The molecule has 0 unspecified atom stereocenters. The number of fused-ring (bicyclic) bond motifs is 1. The maximum atomic E-state index is 9.26. The topological polar surface area (TPSA) is 29.5 Å². The highest BCUT2D eigenvalue weighted by Crippen LogP contribution is 2.31. The van der Waals surface area contributed by atoms with E-state index in [1.54, 1.807) is 0 Å². The third-order valence-corrected chi connectivity index (χ3v) is 2.87. The Kier molecular flexibility index (Phi) is 2.23. The molecule has 2 rings (SSSR count). The minimum Gasteiger partial charge on any atom is -0.493 e. The van der Waals surface area contributed by atoms with Crippen LogP contribution in [-0.2, 0) is 11.8 Å². The van der Waals surface area contributed by atoms with E-state index in [0.717, 1.165) is 18.8 Å². The summed E-state index contributed by atoms with van der Waals surface area (Å²) in [6.07, 6.45) is 0.991. The minimum atomic E-state index is -0.155. The van der Waals surface area contributed by atoms with E-state index >= 15 is 0 Å². The maximum absolute atomic E-state index is 9.26. The van der Waals surface area contributed by atoms with Crippen LogP contribution in [0.3, 0.4) is 0 Å². The lowest BCUT2D eigenvalue weighted by molar-refractivity contribution is 0.218. The number of aliphatic hydroxyl groups is 1. The molecule has 0 aliphatic carbocycles. The summed E-state index contributed by atoms with van der Waals surface area (Å²) in [6, 6.07) is 6.20. The highest BCUT2D eigenvalue weighted by molar-refractivity contribution is 5.42. The van der Waals surface area contributed by atoms with Crippen LogP contribution in [0.1, 0.15) is 25.0 Å². The van der Waals surface area contributed by atoms with Crippen molar-refractivity contribution in [2.75, 3.05) is 13.2 Å². The Morgan fingerprint density at radius 1 is 1.43 bits per heavy atom. The fraction of sp³-hybridized carbons (Fsp3) is 0.500. The predicted molar refractivity (Wildman–Crippen MR) is 55.8 cm³/mol. The predicted octanol–water partition coefficient (Wildman–Crippen LogP) is 1.89. The molecular weight excluding hydrogens is 176 g/mol. The molecule has 1 N–H and O–H groups in total. The zero-order chi connectivity index (χ0) is 10.2. The van der Waals surface area contributed by atoms with Gasteiger partial charge in [0.1, 0.15) is 5.75 Å². The van der Waals surface area contributed by atoms with Crippen LogP contribution in [0.4, 0.5) is 0 Å². The van der Waals surface area contributed by atoms with E-state index in [-0.39, 0.29) is 12.0 Å². The summed E-state index contributed by atoms with van der Waals surface area (Å²) in [5.74, 6) is 1.00. The molecule has 0 bridgehead atoms. The van der Waals surface area contributed by atoms with E-state index in [2.05, 4.69) is 6.07 Å². The molecule has 0 radical (unpaired) electrons. The molecule has 1 aliphatic rings.